The third-order valence-electron chi connectivity index (χ3n) is 10.4. The van der Waals surface area contributed by atoms with Crippen LogP contribution in [-0.2, 0) is 31.3 Å². The van der Waals surface area contributed by atoms with Crippen LogP contribution in [0.5, 0.6) is 0 Å². The third kappa shape index (κ3) is 2.75. The molecule has 0 radical (unpaired) electrons. The molecule has 2 aliphatic carbocycles. The fourth-order valence-electron chi connectivity index (χ4n) is 8.68. The molecule has 4 aromatic rings. The Morgan fingerprint density at radius 1 is 0.708 bits per heavy atom. The van der Waals surface area contributed by atoms with Gasteiger partial charge < -0.3 is 9.47 Å². The Balaban J connectivity index is 1.46. The number of rotatable bonds is 5. The second-order valence-electron chi connectivity index (χ2n) is 12.2. The number of para-hydroxylation sites is 1. The van der Waals surface area contributed by atoms with Crippen molar-refractivity contribution < 1.29 is 28.7 Å². The number of carbonyl (C=O) groups is 4. The van der Waals surface area contributed by atoms with E-state index in [1.807, 2.05) is 0 Å². The van der Waals surface area contributed by atoms with Crippen molar-refractivity contribution in [1.82, 2.24) is 23.7 Å². The predicted octanol–water partition coefficient (Wildman–Crippen LogP) is 1.52. The minimum absolute atomic E-state index is 0.0399. The standard InChI is InChI=1S/C35H25N5O8/c1-47-33-18-17-24(39-31(45)37(32(46)40(33)39)21-13-7-4-8-14-21)34(48-2)25-26(28(42)23-16-10-9-15-22(23)27(25)41)38-30(44)29(43)36(35(33,34)38)19-20-11-5-3-6-12-20/h3-18,24H,19H2,1-2H3/t24-,33?,34-,35+/m0/s1. The second-order valence-corrected chi connectivity index (χ2v) is 12.2. The van der Waals surface area contributed by atoms with Crippen molar-refractivity contribution in [3.63, 3.8) is 0 Å². The first-order valence-electron chi connectivity index (χ1n) is 15.2. The van der Waals surface area contributed by atoms with Gasteiger partial charge in [0.1, 0.15) is 11.7 Å². The number of fused-ring (bicyclic) bond motifs is 2. The number of ether oxygens (including phenoxy) is 2. The maximum absolute atomic E-state index is 14.7. The van der Waals surface area contributed by atoms with Crippen LogP contribution in [-0.4, -0.2) is 72.6 Å². The van der Waals surface area contributed by atoms with Crippen molar-refractivity contribution in [3.05, 3.63) is 146 Å². The zero-order valence-corrected chi connectivity index (χ0v) is 25.5. The van der Waals surface area contributed by atoms with E-state index in [1.165, 1.54) is 37.3 Å². The highest BCUT2D eigenvalue weighted by atomic mass is 16.5. The number of benzene rings is 3. The molecule has 1 unspecified atom stereocenters. The fraction of sp³-hybridized carbons (Fsp3) is 0.200. The molecule has 1 fully saturated rings. The zero-order valence-electron chi connectivity index (χ0n) is 25.5. The SMILES string of the molecule is COC12C=C[C@H](n3c(=O)n(-c4ccccc4)c(=O)n31)[C@]1(OC)C3=C(C(=O)c4ccccc4C3=O)N3C(=O)C(=O)N(Cc4ccccc4)[C@@]321. The molecule has 2 amide bonds. The summed E-state index contributed by atoms with van der Waals surface area (Å²) in [6.45, 7) is -0.201. The second kappa shape index (κ2) is 9.12. The van der Waals surface area contributed by atoms with Gasteiger partial charge in [-0.2, -0.15) is 4.68 Å². The predicted molar refractivity (Wildman–Crippen MR) is 166 cm³/mol. The number of hydrogen-bond donors (Lipinski definition) is 0. The molecule has 1 saturated heterocycles. The highest BCUT2D eigenvalue weighted by Crippen LogP contribution is 2.68. The maximum Gasteiger partial charge on any atom is 0.354 e. The molecule has 3 aromatic carbocycles. The van der Waals surface area contributed by atoms with E-state index in [0.717, 1.165) is 18.8 Å². The van der Waals surface area contributed by atoms with Crippen molar-refractivity contribution in [2.75, 3.05) is 14.2 Å². The summed E-state index contributed by atoms with van der Waals surface area (Å²) in [5.41, 5.74) is -7.74. The van der Waals surface area contributed by atoms with Crippen LogP contribution >= 0.6 is 0 Å². The number of Topliss-reactive ketones (excluding diaryl/α,β-unsaturated/α-hetero) is 2. The Kier molecular flexibility index (Phi) is 5.38. The Hall–Kier alpha value is -5.92. The van der Waals surface area contributed by atoms with Gasteiger partial charge in [-0.3, -0.25) is 29.0 Å². The van der Waals surface area contributed by atoms with Gasteiger partial charge in [-0.05, 0) is 23.8 Å². The lowest BCUT2D eigenvalue weighted by Crippen LogP contribution is -2.85. The van der Waals surface area contributed by atoms with E-state index in [-0.39, 0.29) is 34.6 Å². The minimum Gasteiger partial charge on any atom is -0.366 e. The molecule has 5 heterocycles. The van der Waals surface area contributed by atoms with E-state index in [4.69, 9.17) is 9.47 Å². The maximum atomic E-state index is 14.7. The molecule has 2 bridgehead atoms. The van der Waals surface area contributed by atoms with Crippen LogP contribution in [0.4, 0.5) is 0 Å². The van der Waals surface area contributed by atoms with Gasteiger partial charge in [0.15, 0.2) is 11.4 Å². The summed E-state index contributed by atoms with van der Waals surface area (Å²) in [7, 11) is 2.57. The molecule has 10 rings (SSSR count). The molecule has 4 atom stereocenters. The van der Waals surface area contributed by atoms with E-state index >= 15 is 0 Å². The van der Waals surface area contributed by atoms with Crippen molar-refractivity contribution in [3.8, 4) is 5.69 Å². The topological polar surface area (TPSA) is 142 Å². The number of amides is 2. The number of aromatic nitrogens is 3. The van der Waals surface area contributed by atoms with Gasteiger partial charge in [0, 0.05) is 31.9 Å². The molecule has 6 aliphatic rings. The molecule has 0 N–H and O–H groups in total. The number of hydrogen-bond acceptors (Lipinski definition) is 8. The van der Waals surface area contributed by atoms with Crippen LogP contribution in [0.3, 0.4) is 0 Å². The molecular formula is C35H25N5O8. The van der Waals surface area contributed by atoms with Gasteiger partial charge in [-0.25, -0.2) is 18.8 Å². The van der Waals surface area contributed by atoms with Crippen LogP contribution in [0.15, 0.2) is 118 Å². The van der Waals surface area contributed by atoms with E-state index in [1.54, 1.807) is 78.9 Å². The first kappa shape index (κ1) is 28.3. The number of ketones is 2. The summed E-state index contributed by atoms with van der Waals surface area (Å²) in [5.74, 6) is -3.42. The van der Waals surface area contributed by atoms with Gasteiger partial charge in [-0.1, -0.05) is 78.9 Å². The average molecular weight is 644 g/mol. The van der Waals surface area contributed by atoms with Crippen LogP contribution in [0.2, 0.25) is 0 Å². The van der Waals surface area contributed by atoms with Gasteiger partial charge in [-0.15, -0.1) is 0 Å². The molecule has 238 valence electrons. The lowest BCUT2D eigenvalue weighted by Gasteiger charge is -2.64. The largest absolute Gasteiger partial charge is 0.366 e. The average Bonchev–Trinajstić information content (AvgIpc) is 3.66. The van der Waals surface area contributed by atoms with Crippen molar-refractivity contribution in [1.29, 1.82) is 0 Å². The first-order valence-corrected chi connectivity index (χ1v) is 15.2. The first-order chi connectivity index (χ1) is 23.2. The number of carbonyl (C=O) groups excluding carboxylic acids is 4. The third-order valence-corrected chi connectivity index (χ3v) is 10.4. The molecule has 0 saturated carbocycles. The van der Waals surface area contributed by atoms with Crippen LogP contribution < -0.4 is 11.4 Å². The molecule has 13 nitrogen and oxygen atoms in total. The molecule has 1 aromatic heterocycles. The van der Waals surface area contributed by atoms with Crippen molar-refractivity contribution in [2.45, 2.75) is 29.6 Å². The summed E-state index contributed by atoms with van der Waals surface area (Å²) >= 11 is 0. The monoisotopic (exact) mass is 643 g/mol. The van der Waals surface area contributed by atoms with Crippen molar-refractivity contribution >= 4 is 23.4 Å². The van der Waals surface area contributed by atoms with E-state index in [2.05, 4.69) is 0 Å². The Bertz CT molecular complexity index is 2350. The molecule has 48 heavy (non-hydrogen) atoms. The number of nitrogens with zero attached hydrogens (tertiary/aromatic N) is 5. The lowest BCUT2D eigenvalue weighted by atomic mass is 9.64. The van der Waals surface area contributed by atoms with E-state index in [0.29, 0.717) is 5.56 Å². The van der Waals surface area contributed by atoms with Gasteiger partial charge in [0.2, 0.25) is 17.2 Å². The fourth-order valence-corrected chi connectivity index (χ4v) is 8.68. The summed E-state index contributed by atoms with van der Waals surface area (Å²) in [6.07, 6.45) is 3.07. The van der Waals surface area contributed by atoms with Gasteiger partial charge >= 0.3 is 23.2 Å². The van der Waals surface area contributed by atoms with Gasteiger partial charge in [0.05, 0.1) is 11.3 Å². The highest BCUT2D eigenvalue weighted by molar-refractivity contribution is 6.41. The van der Waals surface area contributed by atoms with Gasteiger partial charge in [0.25, 0.3) is 0 Å². The Morgan fingerprint density at radius 3 is 1.98 bits per heavy atom. The Labute approximate surface area is 271 Å². The minimum atomic E-state index is -2.22. The molecule has 4 aliphatic heterocycles. The summed E-state index contributed by atoms with van der Waals surface area (Å²) < 4.78 is 16.0. The Morgan fingerprint density at radius 2 is 1.33 bits per heavy atom. The quantitative estimate of drug-likeness (QED) is 0.236. The summed E-state index contributed by atoms with van der Waals surface area (Å²) in [6, 6.07) is 22.0. The van der Waals surface area contributed by atoms with E-state index < -0.39 is 57.8 Å². The van der Waals surface area contributed by atoms with Crippen LogP contribution in [0, 0.1) is 0 Å². The highest BCUT2D eigenvalue weighted by Gasteiger charge is 2.89. The number of allylic oxidation sites excluding steroid dienone is 1. The normalized spacial score (nSPS) is 27.8. The van der Waals surface area contributed by atoms with Crippen molar-refractivity contribution in [2.24, 2.45) is 0 Å². The molecule has 13 heteroatoms. The molecular weight excluding hydrogens is 618 g/mol. The van der Waals surface area contributed by atoms with E-state index in [9.17, 15) is 28.8 Å². The summed E-state index contributed by atoms with van der Waals surface area (Å²) in [4.78, 5) is 89.4. The number of methoxy groups -OCH3 is 2. The van der Waals surface area contributed by atoms with Crippen LogP contribution in [0.25, 0.3) is 5.69 Å². The summed E-state index contributed by atoms with van der Waals surface area (Å²) in [5, 5.41) is 0. The molecule has 1 spiro atoms. The zero-order chi connectivity index (χ0) is 33.3. The van der Waals surface area contributed by atoms with Crippen LogP contribution in [0.1, 0.15) is 32.3 Å². The smallest absolute Gasteiger partial charge is 0.354 e. The lowest BCUT2D eigenvalue weighted by molar-refractivity contribution is -0.295.